The molecule has 1 aromatic carbocycles. The number of aryl methyl sites for hydroxylation is 2. The van der Waals surface area contributed by atoms with Gasteiger partial charge in [-0.25, -0.2) is 9.97 Å². The first-order valence-corrected chi connectivity index (χ1v) is 7.75. The number of anilines is 1. The van der Waals surface area contributed by atoms with Crippen LogP contribution in [0.4, 0.5) is 5.69 Å². The molecule has 0 spiro atoms. The fourth-order valence-electron chi connectivity index (χ4n) is 1.74. The van der Waals surface area contributed by atoms with Crippen LogP contribution in [0, 0.1) is 13.8 Å². The summed E-state index contributed by atoms with van der Waals surface area (Å²) in [5, 5.41) is 3.81. The van der Waals surface area contributed by atoms with Crippen molar-refractivity contribution in [2.75, 3.05) is 5.32 Å². The minimum absolute atomic E-state index is 0.0925. The molecular weight excluding hydrogens is 306 g/mol. The van der Waals surface area contributed by atoms with Gasteiger partial charge < -0.3 is 5.32 Å². The Morgan fingerprint density at radius 2 is 1.76 bits per heavy atom. The van der Waals surface area contributed by atoms with Gasteiger partial charge in [0.25, 0.3) is 0 Å². The molecule has 2 rings (SSSR count). The lowest BCUT2D eigenvalue weighted by molar-refractivity contribution is -0.115. The number of thioether (sulfide) groups is 1. The van der Waals surface area contributed by atoms with Crippen LogP contribution in [0.5, 0.6) is 0 Å². The largest absolute Gasteiger partial charge is 0.325 e. The number of aromatic nitrogens is 2. The molecule has 21 heavy (non-hydrogen) atoms. The van der Waals surface area contributed by atoms with E-state index in [1.807, 2.05) is 26.8 Å². The van der Waals surface area contributed by atoms with Crippen LogP contribution in [-0.2, 0) is 4.79 Å². The summed E-state index contributed by atoms with van der Waals surface area (Å²) in [6, 6.07) is 8.92. The molecule has 2 aromatic rings. The lowest BCUT2D eigenvalue weighted by Gasteiger charge is -2.11. The van der Waals surface area contributed by atoms with Gasteiger partial charge in [0.15, 0.2) is 5.16 Å². The maximum atomic E-state index is 12.2. The molecule has 0 bridgehead atoms. The Hall–Kier alpha value is -1.59. The van der Waals surface area contributed by atoms with Crippen LogP contribution in [0.25, 0.3) is 0 Å². The first kappa shape index (κ1) is 15.8. The van der Waals surface area contributed by atoms with Gasteiger partial charge in [-0.3, -0.25) is 4.79 Å². The summed E-state index contributed by atoms with van der Waals surface area (Å²) in [5.74, 6) is -0.0925. The predicted octanol–water partition coefficient (Wildman–Crippen LogP) is 3.87. The maximum absolute atomic E-state index is 12.2. The number of nitrogens with one attached hydrogen (secondary N) is 1. The Kier molecular flexibility index (Phi) is 5.20. The van der Waals surface area contributed by atoms with Crippen molar-refractivity contribution in [3.63, 3.8) is 0 Å². The number of amides is 1. The highest BCUT2D eigenvalue weighted by Crippen LogP contribution is 2.22. The Labute approximate surface area is 133 Å². The number of hydrogen-bond acceptors (Lipinski definition) is 4. The van der Waals surface area contributed by atoms with Crippen LogP contribution in [0.15, 0.2) is 35.5 Å². The SMILES string of the molecule is Cc1cc(C)nc(S[C@H](C)C(=O)Nc2ccc(Cl)cc2)n1. The van der Waals surface area contributed by atoms with E-state index in [1.165, 1.54) is 11.8 Å². The van der Waals surface area contributed by atoms with Crippen LogP contribution >= 0.6 is 23.4 Å². The lowest BCUT2D eigenvalue weighted by Crippen LogP contribution is -2.22. The van der Waals surface area contributed by atoms with Crippen molar-refractivity contribution in [2.24, 2.45) is 0 Å². The minimum atomic E-state index is -0.290. The molecule has 4 nitrogen and oxygen atoms in total. The number of carbonyl (C=O) groups is 1. The Bertz CT molecular complexity index is 626. The van der Waals surface area contributed by atoms with Gasteiger partial charge in [0, 0.05) is 22.1 Å². The fraction of sp³-hybridized carbons (Fsp3) is 0.267. The second kappa shape index (κ2) is 6.91. The monoisotopic (exact) mass is 321 g/mol. The number of benzene rings is 1. The summed E-state index contributed by atoms with van der Waals surface area (Å²) < 4.78 is 0. The van der Waals surface area contributed by atoms with Crippen LogP contribution in [0.1, 0.15) is 18.3 Å². The molecule has 0 unspecified atom stereocenters. The van der Waals surface area contributed by atoms with E-state index in [0.29, 0.717) is 10.2 Å². The predicted molar refractivity (Wildman–Crippen MR) is 86.9 cm³/mol. The molecule has 1 aromatic heterocycles. The first-order chi connectivity index (χ1) is 9.94. The fourth-order valence-corrected chi connectivity index (χ4v) is 2.74. The smallest absolute Gasteiger partial charge is 0.237 e. The highest BCUT2D eigenvalue weighted by atomic mass is 35.5. The molecule has 0 radical (unpaired) electrons. The van der Waals surface area contributed by atoms with Gasteiger partial charge in [-0.05, 0) is 51.1 Å². The van der Waals surface area contributed by atoms with E-state index in [4.69, 9.17) is 11.6 Å². The molecule has 0 aliphatic heterocycles. The van der Waals surface area contributed by atoms with E-state index in [2.05, 4.69) is 15.3 Å². The quantitative estimate of drug-likeness (QED) is 0.686. The molecule has 1 heterocycles. The third-order valence-corrected chi connectivity index (χ3v) is 3.94. The normalized spacial score (nSPS) is 12.0. The number of halogens is 1. The Balaban J connectivity index is 2.00. The van der Waals surface area contributed by atoms with Gasteiger partial charge in [-0.1, -0.05) is 23.4 Å². The van der Waals surface area contributed by atoms with Crippen LogP contribution in [0.3, 0.4) is 0 Å². The van der Waals surface area contributed by atoms with Gasteiger partial charge in [0.05, 0.1) is 5.25 Å². The molecule has 0 aliphatic carbocycles. The zero-order valence-electron chi connectivity index (χ0n) is 12.1. The highest BCUT2D eigenvalue weighted by Gasteiger charge is 2.16. The van der Waals surface area contributed by atoms with Gasteiger partial charge in [0.2, 0.25) is 5.91 Å². The van der Waals surface area contributed by atoms with Crippen molar-refractivity contribution >= 4 is 35.0 Å². The molecule has 0 saturated heterocycles. The van der Waals surface area contributed by atoms with E-state index in [1.54, 1.807) is 24.3 Å². The van der Waals surface area contributed by atoms with Crippen molar-refractivity contribution in [3.05, 3.63) is 46.7 Å². The molecule has 1 amide bonds. The molecule has 6 heteroatoms. The van der Waals surface area contributed by atoms with Crippen molar-refractivity contribution in [1.29, 1.82) is 0 Å². The lowest BCUT2D eigenvalue weighted by atomic mass is 10.3. The molecular formula is C15H16ClN3OS. The number of carbonyl (C=O) groups excluding carboxylic acids is 1. The van der Waals surface area contributed by atoms with Gasteiger partial charge in [0.1, 0.15) is 0 Å². The second-order valence-electron chi connectivity index (χ2n) is 4.69. The molecule has 0 aliphatic rings. The minimum Gasteiger partial charge on any atom is -0.325 e. The molecule has 1 N–H and O–H groups in total. The average molecular weight is 322 g/mol. The summed E-state index contributed by atoms with van der Waals surface area (Å²) in [4.78, 5) is 20.8. The summed E-state index contributed by atoms with van der Waals surface area (Å²) in [6.07, 6.45) is 0. The first-order valence-electron chi connectivity index (χ1n) is 6.49. The second-order valence-corrected chi connectivity index (χ2v) is 6.43. The van der Waals surface area contributed by atoms with Gasteiger partial charge >= 0.3 is 0 Å². The average Bonchev–Trinajstić information content (AvgIpc) is 2.40. The molecule has 0 saturated carbocycles. The van der Waals surface area contributed by atoms with Crippen LogP contribution in [0.2, 0.25) is 5.02 Å². The zero-order chi connectivity index (χ0) is 15.4. The summed E-state index contributed by atoms with van der Waals surface area (Å²) in [7, 11) is 0. The van der Waals surface area contributed by atoms with Crippen molar-refractivity contribution in [2.45, 2.75) is 31.2 Å². The summed E-state index contributed by atoms with van der Waals surface area (Å²) in [6.45, 7) is 5.66. The maximum Gasteiger partial charge on any atom is 0.237 e. The van der Waals surface area contributed by atoms with E-state index >= 15 is 0 Å². The van der Waals surface area contributed by atoms with Gasteiger partial charge in [-0.2, -0.15) is 0 Å². The van der Waals surface area contributed by atoms with Crippen LogP contribution in [-0.4, -0.2) is 21.1 Å². The summed E-state index contributed by atoms with van der Waals surface area (Å²) >= 11 is 7.16. The Morgan fingerprint density at radius 3 is 2.33 bits per heavy atom. The number of hydrogen-bond donors (Lipinski definition) is 1. The number of rotatable bonds is 4. The van der Waals surface area contributed by atoms with E-state index in [0.717, 1.165) is 17.1 Å². The number of nitrogens with zero attached hydrogens (tertiary/aromatic N) is 2. The standard InChI is InChI=1S/C15H16ClN3OS/c1-9-8-10(2)18-15(17-9)21-11(3)14(20)19-13-6-4-12(16)5-7-13/h4-8,11H,1-3H3,(H,19,20)/t11-/m1/s1. The van der Waals surface area contributed by atoms with Crippen molar-refractivity contribution in [1.82, 2.24) is 9.97 Å². The third-order valence-electron chi connectivity index (χ3n) is 2.72. The summed E-state index contributed by atoms with van der Waals surface area (Å²) in [5.41, 5.74) is 2.52. The van der Waals surface area contributed by atoms with E-state index in [9.17, 15) is 4.79 Å². The topological polar surface area (TPSA) is 54.9 Å². The molecule has 1 atom stereocenters. The van der Waals surface area contributed by atoms with Crippen molar-refractivity contribution in [3.8, 4) is 0 Å². The highest BCUT2D eigenvalue weighted by molar-refractivity contribution is 8.00. The van der Waals surface area contributed by atoms with E-state index < -0.39 is 0 Å². The van der Waals surface area contributed by atoms with Crippen LogP contribution < -0.4 is 5.32 Å². The molecule has 110 valence electrons. The van der Waals surface area contributed by atoms with Gasteiger partial charge in [-0.15, -0.1) is 0 Å². The third kappa shape index (κ3) is 4.72. The van der Waals surface area contributed by atoms with Crippen molar-refractivity contribution < 1.29 is 4.79 Å². The molecule has 0 fully saturated rings. The zero-order valence-corrected chi connectivity index (χ0v) is 13.6. The Morgan fingerprint density at radius 1 is 1.19 bits per heavy atom. The van der Waals surface area contributed by atoms with E-state index in [-0.39, 0.29) is 11.2 Å².